The maximum absolute atomic E-state index is 12.4. The van der Waals surface area contributed by atoms with Gasteiger partial charge in [0.05, 0.1) is 6.61 Å². The molecule has 0 spiro atoms. The van der Waals surface area contributed by atoms with Gasteiger partial charge in [-0.2, -0.15) is 0 Å². The molecule has 0 aliphatic heterocycles. The van der Waals surface area contributed by atoms with Crippen LogP contribution in [0.25, 0.3) is 0 Å². The van der Waals surface area contributed by atoms with E-state index in [-0.39, 0.29) is 11.8 Å². The van der Waals surface area contributed by atoms with Gasteiger partial charge in [0.25, 0.3) is 0 Å². The van der Waals surface area contributed by atoms with Gasteiger partial charge in [0.15, 0.2) is 0 Å². The summed E-state index contributed by atoms with van der Waals surface area (Å²) in [7, 11) is 0. The van der Waals surface area contributed by atoms with Gasteiger partial charge in [-0.3, -0.25) is 9.59 Å². The molecule has 0 N–H and O–H groups in total. The topological polar surface area (TPSA) is 43.4 Å². The van der Waals surface area contributed by atoms with E-state index in [0.717, 1.165) is 18.8 Å². The van der Waals surface area contributed by atoms with Gasteiger partial charge in [-0.15, -0.1) is 0 Å². The Labute approximate surface area is 141 Å². The van der Waals surface area contributed by atoms with E-state index in [2.05, 4.69) is 6.92 Å². The summed E-state index contributed by atoms with van der Waals surface area (Å²) in [6.45, 7) is 4.68. The quantitative estimate of drug-likeness (QED) is 0.493. The molecule has 0 amide bonds. The lowest BCUT2D eigenvalue weighted by atomic mass is 9.68. The van der Waals surface area contributed by atoms with Crippen molar-refractivity contribution in [2.75, 3.05) is 6.61 Å². The second-order valence-electron chi connectivity index (χ2n) is 7.65. The van der Waals surface area contributed by atoms with Gasteiger partial charge >= 0.3 is 5.97 Å². The summed E-state index contributed by atoms with van der Waals surface area (Å²) < 4.78 is 5.17. The molecule has 3 heteroatoms. The number of unbranched alkanes of at least 4 members (excludes halogenated alkanes) is 1. The first-order valence-electron chi connectivity index (χ1n) is 9.85. The fraction of sp³-hybridized carbons (Fsp3) is 0.900. The third-order valence-corrected chi connectivity index (χ3v) is 5.94. The lowest BCUT2D eigenvalue weighted by Gasteiger charge is -2.36. The molecule has 0 aromatic rings. The van der Waals surface area contributed by atoms with Gasteiger partial charge in [0.1, 0.15) is 11.7 Å². The number of carbonyl (C=O) groups excluding carboxylic acids is 2. The minimum absolute atomic E-state index is 0.135. The summed E-state index contributed by atoms with van der Waals surface area (Å²) in [6, 6.07) is 0. The van der Waals surface area contributed by atoms with E-state index in [0.29, 0.717) is 31.3 Å². The highest BCUT2D eigenvalue weighted by molar-refractivity contribution is 5.99. The normalized spacial score (nSPS) is 31.8. The Balaban J connectivity index is 1.75. The summed E-state index contributed by atoms with van der Waals surface area (Å²) in [4.78, 5) is 24.3. The van der Waals surface area contributed by atoms with Crippen LogP contribution in [0.5, 0.6) is 0 Å². The number of carbonyl (C=O) groups is 2. The Morgan fingerprint density at radius 3 is 2.30 bits per heavy atom. The maximum atomic E-state index is 12.4. The Bertz CT molecular complexity index is 382. The van der Waals surface area contributed by atoms with Crippen LogP contribution in [0, 0.1) is 23.7 Å². The first-order valence-corrected chi connectivity index (χ1v) is 9.85. The van der Waals surface area contributed by atoms with Gasteiger partial charge < -0.3 is 4.74 Å². The zero-order valence-corrected chi connectivity index (χ0v) is 15.0. The average Bonchev–Trinajstić information content (AvgIpc) is 2.58. The lowest BCUT2D eigenvalue weighted by Crippen LogP contribution is -2.35. The molecule has 0 saturated heterocycles. The summed E-state index contributed by atoms with van der Waals surface area (Å²) in [5.74, 6) is 1.53. The van der Waals surface area contributed by atoms with Crippen LogP contribution in [0.2, 0.25) is 0 Å². The summed E-state index contributed by atoms with van der Waals surface area (Å²) in [5, 5.41) is 0. The molecule has 2 atom stereocenters. The van der Waals surface area contributed by atoms with Crippen molar-refractivity contribution in [1.29, 1.82) is 0 Å². The highest BCUT2D eigenvalue weighted by Crippen LogP contribution is 2.41. The largest absolute Gasteiger partial charge is 0.465 e. The van der Waals surface area contributed by atoms with Gasteiger partial charge in [0.2, 0.25) is 0 Å². The van der Waals surface area contributed by atoms with Crippen molar-refractivity contribution in [2.24, 2.45) is 23.7 Å². The molecule has 0 aromatic heterocycles. The van der Waals surface area contributed by atoms with Gasteiger partial charge in [-0.25, -0.2) is 0 Å². The molecule has 2 rings (SSSR count). The second kappa shape index (κ2) is 9.44. The number of ketones is 1. The Kier molecular flexibility index (Phi) is 7.58. The molecule has 3 nitrogen and oxygen atoms in total. The Morgan fingerprint density at radius 2 is 1.70 bits per heavy atom. The van der Waals surface area contributed by atoms with Crippen LogP contribution in [0.1, 0.15) is 84.5 Å². The van der Waals surface area contributed by atoms with E-state index >= 15 is 0 Å². The third kappa shape index (κ3) is 5.32. The number of hydrogen-bond acceptors (Lipinski definition) is 3. The molecule has 132 valence electrons. The molecule has 2 saturated carbocycles. The molecule has 23 heavy (non-hydrogen) atoms. The van der Waals surface area contributed by atoms with Crippen LogP contribution >= 0.6 is 0 Å². The minimum atomic E-state index is -0.473. The number of esters is 1. The van der Waals surface area contributed by atoms with Crippen molar-refractivity contribution in [2.45, 2.75) is 84.5 Å². The smallest absolute Gasteiger partial charge is 0.316 e. The van der Waals surface area contributed by atoms with Crippen LogP contribution in [-0.2, 0) is 14.3 Å². The molecular weight excluding hydrogens is 288 g/mol. The van der Waals surface area contributed by atoms with Crippen molar-refractivity contribution < 1.29 is 14.3 Å². The third-order valence-electron chi connectivity index (χ3n) is 5.94. The molecule has 0 radical (unpaired) electrons. The molecule has 0 heterocycles. The molecular formula is C20H34O3. The number of Topliss-reactive ketones (excluding diaryl/α,β-unsaturated/α-hetero) is 1. The second-order valence-corrected chi connectivity index (χ2v) is 7.65. The van der Waals surface area contributed by atoms with Crippen LogP contribution in [-0.4, -0.2) is 18.4 Å². The molecule has 2 unspecified atom stereocenters. The van der Waals surface area contributed by atoms with Crippen molar-refractivity contribution in [3.63, 3.8) is 0 Å². The average molecular weight is 322 g/mol. The molecule has 2 fully saturated rings. The molecule has 0 aromatic carbocycles. The predicted molar refractivity (Wildman–Crippen MR) is 92.1 cm³/mol. The van der Waals surface area contributed by atoms with Crippen LogP contribution < -0.4 is 0 Å². The van der Waals surface area contributed by atoms with E-state index in [1.807, 2.05) is 6.92 Å². The lowest BCUT2D eigenvalue weighted by molar-refractivity contribution is -0.154. The van der Waals surface area contributed by atoms with Gasteiger partial charge in [-0.1, -0.05) is 46.0 Å². The zero-order chi connectivity index (χ0) is 16.7. The Morgan fingerprint density at radius 1 is 1.00 bits per heavy atom. The number of rotatable bonds is 7. The minimum Gasteiger partial charge on any atom is -0.465 e. The highest BCUT2D eigenvalue weighted by atomic mass is 16.5. The number of hydrogen-bond donors (Lipinski definition) is 0. The van der Waals surface area contributed by atoms with E-state index in [9.17, 15) is 9.59 Å². The monoisotopic (exact) mass is 322 g/mol. The summed E-state index contributed by atoms with van der Waals surface area (Å²) in [5.41, 5.74) is 0. The molecule has 2 aliphatic carbocycles. The zero-order valence-electron chi connectivity index (χ0n) is 15.0. The number of ether oxygens (including phenoxy) is 1. The van der Waals surface area contributed by atoms with E-state index in [1.165, 1.54) is 44.9 Å². The standard InChI is InChI=1S/C20H34O3/c1-3-5-6-15-7-9-16(10-8-15)17-11-12-18(19(21)14-17)20(22)23-13-4-2/h15-18H,3-14H2,1-2H3. The SMILES string of the molecule is CCCCC1CCC(C2CCC(C(=O)OCCC)C(=O)C2)CC1. The van der Waals surface area contributed by atoms with Crippen LogP contribution in [0.3, 0.4) is 0 Å². The first-order chi connectivity index (χ1) is 11.2. The molecule has 2 aliphatic rings. The maximum Gasteiger partial charge on any atom is 0.316 e. The predicted octanol–water partition coefficient (Wildman–Crippen LogP) is 4.92. The van der Waals surface area contributed by atoms with E-state index < -0.39 is 5.92 Å². The van der Waals surface area contributed by atoms with Gasteiger partial charge in [-0.05, 0) is 49.9 Å². The fourth-order valence-corrected chi connectivity index (χ4v) is 4.44. The highest BCUT2D eigenvalue weighted by Gasteiger charge is 2.38. The fourth-order valence-electron chi connectivity index (χ4n) is 4.44. The first kappa shape index (κ1) is 18.5. The van der Waals surface area contributed by atoms with Crippen LogP contribution in [0.15, 0.2) is 0 Å². The van der Waals surface area contributed by atoms with Gasteiger partial charge in [0, 0.05) is 6.42 Å². The van der Waals surface area contributed by atoms with E-state index in [1.54, 1.807) is 0 Å². The van der Waals surface area contributed by atoms with Crippen molar-refractivity contribution in [3.8, 4) is 0 Å². The Hall–Kier alpha value is -0.860. The van der Waals surface area contributed by atoms with Crippen molar-refractivity contribution in [3.05, 3.63) is 0 Å². The van der Waals surface area contributed by atoms with E-state index in [4.69, 9.17) is 4.74 Å². The van der Waals surface area contributed by atoms with Crippen molar-refractivity contribution in [1.82, 2.24) is 0 Å². The van der Waals surface area contributed by atoms with Crippen LogP contribution in [0.4, 0.5) is 0 Å². The van der Waals surface area contributed by atoms with Crippen molar-refractivity contribution >= 4 is 11.8 Å². The summed E-state index contributed by atoms with van der Waals surface area (Å²) >= 11 is 0. The summed E-state index contributed by atoms with van der Waals surface area (Å²) in [6.07, 6.45) is 12.5. The molecule has 0 bridgehead atoms.